The highest BCUT2D eigenvalue weighted by molar-refractivity contribution is 6.30. The zero-order valence-electron chi connectivity index (χ0n) is 9.36. The molecule has 2 nitrogen and oxygen atoms in total. The van der Waals surface area contributed by atoms with Gasteiger partial charge in [0.25, 0.3) is 0 Å². The average molecular weight is 276 g/mol. The lowest BCUT2D eigenvalue weighted by Gasteiger charge is -2.07. The van der Waals surface area contributed by atoms with Crippen LogP contribution in [-0.2, 0) is 11.0 Å². The van der Waals surface area contributed by atoms with Crippen LogP contribution in [0.2, 0.25) is 5.02 Å². The van der Waals surface area contributed by atoms with Crippen molar-refractivity contribution in [3.63, 3.8) is 0 Å². The molecule has 1 aromatic carbocycles. The van der Waals surface area contributed by atoms with Crippen molar-refractivity contribution in [1.29, 1.82) is 0 Å². The first-order valence-corrected chi connectivity index (χ1v) is 5.28. The molecule has 0 aromatic heterocycles. The fraction of sp³-hybridized carbons (Fsp3) is 0.250. The van der Waals surface area contributed by atoms with Gasteiger partial charge in [-0.05, 0) is 18.2 Å². The van der Waals surface area contributed by atoms with Crippen LogP contribution in [0.25, 0.3) is 0 Å². The van der Waals surface area contributed by atoms with Crippen LogP contribution in [0.15, 0.2) is 18.2 Å². The Hall–Kier alpha value is -1.67. The first kappa shape index (κ1) is 14.4. The van der Waals surface area contributed by atoms with Crippen LogP contribution in [-0.4, -0.2) is 12.5 Å². The molecule has 0 atom stereocenters. The molecule has 1 rings (SSSR count). The minimum atomic E-state index is -4.46. The Labute approximate surface area is 107 Å². The SMILES string of the molecule is CC(=O)NCC#Cc1cc(Cl)cc(C(F)(F)F)c1. The lowest BCUT2D eigenvalue weighted by molar-refractivity contribution is -0.137. The molecule has 0 fully saturated rings. The molecule has 1 amide bonds. The predicted octanol–water partition coefficient (Wildman–Crippen LogP) is 2.85. The summed E-state index contributed by atoms with van der Waals surface area (Å²) in [4.78, 5) is 10.5. The Morgan fingerprint density at radius 2 is 2.06 bits per heavy atom. The summed E-state index contributed by atoms with van der Waals surface area (Å²) in [5, 5.41) is 2.37. The number of hydrogen-bond donors (Lipinski definition) is 1. The summed E-state index contributed by atoms with van der Waals surface area (Å²) in [6.07, 6.45) is -4.46. The zero-order chi connectivity index (χ0) is 13.8. The number of benzene rings is 1. The monoisotopic (exact) mass is 275 g/mol. The maximum Gasteiger partial charge on any atom is 0.416 e. The molecule has 0 saturated heterocycles. The van der Waals surface area contributed by atoms with E-state index in [0.29, 0.717) is 0 Å². The highest BCUT2D eigenvalue weighted by Gasteiger charge is 2.30. The number of hydrogen-bond acceptors (Lipinski definition) is 1. The van der Waals surface area contributed by atoms with Crippen LogP contribution >= 0.6 is 11.6 Å². The zero-order valence-corrected chi connectivity index (χ0v) is 10.1. The maximum absolute atomic E-state index is 12.5. The topological polar surface area (TPSA) is 29.1 Å². The third-order valence-electron chi connectivity index (χ3n) is 1.88. The van der Waals surface area contributed by atoms with Crippen molar-refractivity contribution >= 4 is 17.5 Å². The maximum atomic E-state index is 12.5. The van der Waals surface area contributed by atoms with E-state index in [4.69, 9.17) is 11.6 Å². The van der Waals surface area contributed by atoms with E-state index < -0.39 is 11.7 Å². The Morgan fingerprint density at radius 3 is 2.61 bits per heavy atom. The number of halogens is 4. The van der Waals surface area contributed by atoms with E-state index in [1.54, 1.807) is 0 Å². The summed E-state index contributed by atoms with van der Waals surface area (Å²) in [7, 11) is 0. The van der Waals surface area contributed by atoms with E-state index in [1.165, 1.54) is 13.0 Å². The van der Waals surface area contributed by atoms with Crippen molar-refractivity contribution in [3.05, 3.63) is 34.3 Å². The molecule has 96 valence electrons. The minimum Gasteiger partial charge on any atom is -0.345 e. The van der Waals surface area contributed by atoms with E-state index >= 15 is 0 Å². The number of carbonyl (C=O) groups excluding carboxylic acids is 1. The number of alkyl halides is 3. The first-order chi connectivity index (χ1) is 8.29. The highest BCUT2D eigenvalue weighted by atomic mass is 35.5. The second-order valence-electron chi connectivity index (χ2n) is 3.44. The van der Waals surface area contributed by atoms with Crippen molar-refractivity contribution in [2.45, 2.75) is 13.1 Å². The summed E-state index contributed by atoms with van der Waals surface area (Å²) in [5.74, 6) is 4.78. The Bertz CT molecular complexity index is 514. The van der Waals surface area contributed by atoms with Crippen molar-refractivity contribution in [1.82, 2.24) is 5.32 Å². The van der Waals surface area contributed by atoms with Crippen LogP contribution in [0, 0.1) is 11.8 Å². The molecule has 0 saturated carbocycles. The Kier molecular flexibility index (Phi) is 4.62. The summed E-state index contributed by atoms with van der Waals surface area (Å²) in [5.41, 5.74) is -0.695. The molecular weight excluding hydrogens is 267 g/mol. The quantitative estimate of drug-likeness (QED) is 0.785. The molecule has 0 bridgehead atoms. The van der Waals surface area contributed by atoms with Crippen molar-refractivity contribution < 1.29 is 18.0 Å². The molecule has 0 aliphatic carbocycles. The van der Waals surface area contributed by atoms with Gasteiger partial charge in [-0.3, -0.25) is 4.79 Å². The highest BCUT2D eigenvalue weighted by Crippen LogP contribution is 2.31. The molecule has 0 unspecified atom stereocenters. The van der Waals surface area contributed by atoms with Gasteiger partial charge in [0, 0.05) is 17.5 Å². The molecule has 0 heterocycles. The normalized spacial score (nSPS) is 10.5. The van der Waals surface area contributed by atoms with E-state index in [0.717, 1.165) is 12.1 Å². The number of rotatable bonds is 1. The minimum absolute atomic E-state index is 0.0337. The van der Waals surface area contributed by atoms with Crippen LogP contribution in [0.3, 0.4) is 0 Å². The van der Waals surface area contributed by atoms with Crippen LogP contribution in [0.1, 0.15) is 18.1 Å². The fourth-order valence-corrected chi connectivity index (χ4v) is 1.38. The first-order valence-electron chi connectivity index (χ1n) is 4.90. The van der Waals surface area contributed by atoms with Crippen LogP contribution in [0.4, 0.5) is 13.2 Å². The lowest BCUT2D eigenvalue weighted by Crippen LogP contribution is -2.19. The molecule has 1 aromatic rings. The number of nitrogens with one attached hydrogen (secondary N) is 1. The van der Waals surface area contributed by atoms with Crippen molar-refractivity contribution in [2.75, 3.05) is 6.54 Å². The van der Waals surface area contributed by atoms with Crippen molar-refractivity contribution in [3.8, 4) is 11.8 Å². The molecule has 0 aliphatic heterocycles. The van der Waals surface area contributed by atoms with Crippen molar-refractivity contribution in [2.24, 2.45) is 0 Å². The van der Waals surface area contributed by atoms with E-state index in [1.807, 2.05) is 0 Å². The summed E-state index contributed by atoms with van der Waals surface area (Å²) < 4.78 is 37.4. The smallest absolute Gasteiger partial charge is 0.345 e. The molecular formula is C12H9ClF3NO. The Morgan fingerprint density at radius 1 is 1.39 bits per heavy atom. The van der Waals surface area contributed by atoms with Gasteiger partial charge in [0.05, 0.1) is 12.1 Å². The second-order valence-corrected chi connectivity index (χ2v) is 3.87. The van der Waals surface area contributed by atoms with Crippen LogP contribution < -0.4 is 5.32 Å². The summed E-state index contributed by atoms with van der Waals surface area (Å²) in [6, 6.07) is 3.07. The molecule has 0 spiro atoms. The summed E-state index contributed by atoms with van der Waals surface area (Å²) >= 11 is 5.58. The third-order valence-corrected chi connectivity index (χ3v) is 2.10. The van der Waals surface area contributed by atoms with Gasteiger partial charge >= 0.3 is 6.18 Å². The van der Waals surface area contributed by atoms with E-state index in [-0.39, 0.29) is 23.0 Å². The number of carbonyl (C=O) groups is 1. The fourth-order valence-electron chi connectivity index (χ4n) is 1.14. The third kappa shape index (κ3) is 4.68. The predicted molar refractivity (Wildman–Crippen MR) is 62.0 cm³/mol. The Balaban J connectivity index is 2.90. The van der Waals surface area contributed by atoms with Crippen LogP contribution in [0.5, 0.6) is 0 Å². The summed E-state index contributed by atoms with van der Waals surface area (Å²) in [6.45, 7) is 1.39. The van der Waals surface area contributed by atoms with Gasteiger partial charge in [0.15, 0.2) is 0 Å². The lowest BCUT2D eigenvalue weighted by atomic mass is 10.1. The number of amides is 1. The van der Waals surface area contributed by atoms with Gasteiger partial charge in [-0.1, -0.05) is 23.4 Å². The molecule has 0 radical (unpaired) electrons. The van der Waals surface area contributed by atoms with Gasteiger partial charge in [-0.15, -0.1) is 0 Å². The van der Waals surface area contributed by atoms with Gasteiger partial charge in [0.2, 0.25) is 5.91 Å². The average Bonchev–Trinajstić information content (AvgIpc) is 2.22. The molecule has 18 heavy (non-hydrogen) atoms. The molecule has 6 heteroatoms. The van der Waals surface area contributed by atoms with Gasteiger partial charge < -0.3 is 5.32 Å². The molecule has 1 N–H and O–H groups in total. The van der Waals surface area contributed by atoms with E-state index in [2.05, 4.69) is 17.2 Å². The van der Waals surface area contributed by atoms with Gasteiger partial charge in [0.1, 0.15) is 0 Å². The molecule has 0 aliphatic rings. The standard InChI is InChI=1S/C12H9ClF3NO/c1-8(18)17-4-2-3-9-5-10(12(14,15)16)7-11(13)6-9/h5-7H,4H2,1H3,(H,17,18). The largest absolute Gasteiger partial charge is 0.416 e. The second kappa shape index (κ2) is 5.78. The van der Waals surface area contributed by atoms with Gasteiger partial charge in [-0.2, -0.15) is 13.2 Å². The van der Waals surface area contributed by atoms with E-state index in [9.17, 15) is 18.0 Å². The van der Waals surface area contributed by atoms with Gasteiger partial charge in [-0.25, -0.2) is 0 Å².